The predicted molar refractivity (Wildman–Crippen MR) is 77.9 cm³/mol. The zero-order valence-electron chi connectivity index (χ0n) is 10.7. The lowest BCUT2D eigenvalue weighted by Gasteiger charge is -2.03. The monoisotopic (exact) mass is 298 g/mol. The van der Waals surface area contributed by atoms with Gasteiger partial charge in [-0.1, -0.05) is 17.7 Å². The summed E-state index contributed by atoms with van der Waals surface area (Å²) in [5.74, 6) is -0.787. The van der Waals surface area contributed by atoms with Crippen LogP contribution in [-0.4, -0.2) is 10.8 Å². The Kier molecular flexibility index (Phi) is 3.20. The van der Waals surface area contributed by atoms with E-state index < -0.39 is 5.82 Å². The minimum Gasteiger partial charge on any atom is -0.360 e. The number of nitrogens with one attached hydrogen (secondary N) is 1. The molecule has 0 amide bonds. The van der Waals surface area contributed by atoms with Crippen molar-refractivity contribution in [2.75, 3.05) is 0 Å². The van der Waals surface area contributed by atoms with E-state index in [-0.39, 0.29) is 16.4 Å². The Labute approximate surface area is 124 Å². The number of nitrogens with zero attached hydrogens (tertiary/aromatic N) is 1. The predicted octanol–water partition coefficient (Wildman–Crippen LogP) is 4.06. The molecule has 21 heavy (non-hydrogen) atoms. The fourth-order valence-corrected chi connectivity index (χ4v) is 2.46. The van der Waals surface area contributed by atoms with Crippen molar-refractivity contribution in [3.8, 4) is 6.07 Å². The van der Waals surface area contributed by atoms with E-state index in [0.29, 0.717) is 22.0 Å². The van der Waals surface area contributed by atoms with E-state index in [2.05, 4.69) is 4.98 Å². The first-order valence-corrected chi connectivity index (χ1v) is 6.49. The number of benzene rings is 2. The number of fused-ring (bicyclic) bond motifs is 1. The van der Waals surface area contributed by atoms with Crippen molar-refractivity contribution in [2.24, 2.45) is 0 Å². The number of hydrogen-bond acceptors (Lipinski definition) is 2. The van der Waals surface area contributed by atoms with Gasteiger partial charge in [0.1, 0.15) is 5.82 Å². The number of carbonyl (C=O) groups excluding carboxylic acids is 1. The summed E-state index contributed by atoms with van der Waals surface area (Å²) in [6, 6.07) is 10.7. The van der Waals surface area contributed by atoms with E-state index in [4.69, 9.17) is 16.9 Å². The number of halogens is 2. The molecule has 0 aliphatic carbocycles. The third kappa shape index (κ3) is 2.28. The average Bonchev–Trinajstić information content (AvgIpc) is 2.89. The topological polar surface area (TPSA) is 56.6 Å². The van der Waals surface area contributed by atoms with E-state index in [1.807, 2.05) is 6.07 Å². The van der Waals surface area contributed by atoms with Crippen molar-refractivity contribution >= 4 is 28.3 Å². The highest BCUT2D eigenvalue weighted by Crippen LogP contribution is 2.25. The molecule has 1 heterocycles. The van der Waals surface area contributed by atoms with Gasteiger partial charge in [0.25, 0.3) is 0 Å². The molecule has 2 aromatic carbocycles. The summed E-state index contributed by atoms with van der Waals surface area (Å²) in [5, 5.41) is 9.64. The molecular formula is C16H8ClFN2O. The Hall–Kier alpha value is -2.64. The Morgan fingerprint density at radius 2 is 2.00 bits per heavy atom. The number of nitriles is 1. The van der Waals surface area contributed by atoms with Crippen molar-refractivity contribution in [1.82, 2.24) is 4.98 Å². The van der Waals surface area contributed by atoms with Crippen LogP contribution in [0, 0.1) is 17.1 Å². The molecule has 0 aliphatic rings. The summed E-state index contributed by atoms with van der Waals surface area (Å²) in [6.45, 7) is 0. The molecule has 0 fully saturated rings. The molecule has 102 valence electrons. The number of hydrogen-bond donors (Lipinski definition) is 1. The summed E-state index contributed by atoms with van der Waals surface area (Å²) in [4.78, 5) is 15.5. The fourth-order valence-electron chi connectivity index (χ4n) is 2.20. The van der Waals surface area contributed by atoms with Gasteiger partial charge in [-0.2, -0.15) is 5.26 Å². The lowest BCUT2D eigenvalue weighted by molar-refractivity contribution is 0.104. The highest BCUT2D eigenvalue weighted by molar-refractivity contribution is 6.35. The Morgan fingerprint density at radius 3 is 2.71 bits per heavy atom. The van der Waals surface area contributed by atoms with Crippen LogP contribution in [0.4, 0.5) is 4.39 Å². The largest absolute Gasteiger partial charge is 0.360 e. The molecule has 3 aromatic rings. The van der Waals surface area contributed by atoms with Crippen molar-refractivity contribution < 1.29 is 9.18 Å². The van der Waals surface area contributed by atoms with E-state index in [9.17, 15) is 9.18 Å². The third-order valence-corrected chi connectivity index (χ3v) is 3.54. The maximum absolute atomic E-state index is 13.1. The minimum absolute atomic E-state index is 0.0722. The van der Waals surface area contributed by atoms with Gasteiger partial charge in [-0.15, -0.1) is 0 Å². The van der Waals surface area contributed by atoms with E-state index in [1.54, 1.807) is 24.4 Å². The van der Waals surface area contributed by atoms with Crippen LogP contribution in [0.2, 0.25) is 5.02 Å². The smallest absolute Gasteiger partial charge is 0.196 e. The molecule has 0 spiro atoms. The van der Waals surface area contributed by atoms with Gasteiger partial charge in [0.05, 0.1) is 16.7 Å². The third-order valence-electron chi connectivity index (χ3n) is 3.23. The lowest BCUT2D eigenvalue weighted by Crippen LogP contribution is -2.01. The van der Waals surface area contributed by atoms with E-state index in [1.165, 1.54) is 12.1 Å². The SMILES string of the molecule is N#Cc1ccc2c(C(=O)c3ccc(F)cc3Cl)c[nH]c2c1. The molecule has 0 aliphatic heterocycles. The van der Waals surface area contributed by atoms with Crippen LogP contribution in [0.5, 0.6) is 0 Å². The van der Waals surface area contributed by atoms with Gasteiger partial charge in [0.15, 0.2) is 5.78 Å². The molecule has 3 rings (SSSR count). The second kappa shape index (κ2) is 5.04. The number of aromatic nitrogens is 1. The van der Waals surface area contributed by atoms with E-state index >= 15 is 0 Å². The summed E-state index contributed by atoms with van der Waals surface area (Å²) >= 11 is 5.93. The maximum atomic E-state index is 13.1. The summed E-state index contributed by atoms with van der Waals surface area (Å²) < 4.78 is 13.1. The van der Waals surface area contributed by atoms with E-state index in [0.717, 1.165) is 6.07 Å². The van der Waals surface area contributed by atoms with Crippen LogP contribution < -0.4 is 0 Å². The first-order valence-electron chi connectivity index (χ1n) is 6.11. The number of ketones is 1. The van der Waals surface area contributed by atoms with Gasteiger partial charge in [-0.25, -0.2) is 4.39 Å². The highest BCUT2D eigenvalue weighted by Gasteiger charge is 2.17. The molecule has 0 bridgehead atoms. The molecule has 0 unspecified atom stereocenters. The van der Waals surface area contributed by atoms with Crippen molar-refractivity contribution in [3.05, 3.63) is 70.1 Å². The van der Waals surface area contributed by atoms with Crippen molar-refractivity contribution in [2.45, 2.75) is 0 Å². The number of aromatic amines is 1. The quantitative estimate of drug-likeness (QED) is 0.725. The molecule has 0 atom stereocenters. The first kappa shape index (κ1) is 13.3. The molecule has 0 radical (unpaired) electrons. The Balaban J connectivity index is 2.12. The zero-order chi connectivity index (χ0) is 15.0. The molecular weight excluding hydrogens is 291 g/mol. The molecule has 0 saturated carbocycles. The van der Waals surface area contributed by atoms with Crippen LogP contribution in [-0.2, 0) is 0 Å². The molecule has 3 nitrogen and oxygen atoms in total. The van der Waals surface area contributed by atoms with Gasteiger partial charge in [0, 0.05) is 28.2 Å². The minimum atomic E-state index is -0.492. The van der Waals surface area contributed by atoms with Gasteiger partial charge < -0.3 is 4.98 Å². The van der Waals surface area contributed by atoms with Crippen LogP contribution in [0.1, 0.15) is 21.5 Å². The Morgan fingerprint density at radius 1 is 1.19 bits per heavy atom. The van der Waals surface area contributed by atoms with Gasteiger partial charge in [-0.05, 0) is 30.3 Å². The van der Waals surface area contributed by atoms with Crippen LogP contribution in [0.25, 0.3) is 10.9 Å². The van der Waals surface area contributed by atoms with Gasteiger partial charge in [0.2, 0.25) is 0 Å². The second-order valence-corrected chi connectivity index (χ2v) is 4.94. The fraction of sp³-hybridized carbons (Fsp3) is 0. The lowest BCUT2D eigenvalue weighted by atomic mass is 10.0. The summed E-state index contributed by atoms with van der Waals surface area (Å²) in [7, 11) is 0. The number of carbonyl (C=O) groups is 1. The highest BCUT2D eigenvalue weighted by atomic mass is 35.5. The van der Waals surface area contributed by atoms with Crippen LogP contribution >= 0.6 is 11.6 Å². The number of rotatable bonds is 2. The zero-order valence-corrected chi connectivity index (χ0v) is 11.4. The Bertz CT molecular complexity index is 908. The van der Waals surface area contributed by atoms with Crippen LogP contribution in [0.15, 0.2) is 42.6 Å². The standard InChI is InChI=1S/C16H8ClFN2O/c17-14-6-10(18)2-4-12(14)16(21)13-8-20-15-5-9(7-19)1-3-11(13)15/h1-6,8,20H. The first-order chi connectivity index (χ1) is 10.1. The average molecular weight is 299 g/mol. The molecule has 1 aromatic heterocycles. The summed E-state index contributed by atoms with van der Waals surface area (Å²) in [5.41, 5.74) is 1.87. The van der Waals surface area contributed by atoms with Crippen molar-refractivity contribution in [1.29, 1.82) is 5.26 Å². The number of H-pyrrole nitrogens is 1. The molecule has 0 saturated heterocycles. The summed E-state index contributed by atoms with van der Waals surface area (Å²) in [6.07, 6.45) is 1.56. The maximum Gasteiger partial charge on any atom is 0.196 e. The molecule has 5 heteroatoms. The second-order valence-electron chi connectivity index (χ2n) is 4.53. The molecule has 1 N–H and O–H groups in total. The van der Waals surface area contributed by atoms with Crippen molar-refractivity contribution in [3.63, 3.8) is 0 Å². The normalized spacial score (nSPS) is 10.5. The van der Waals surface area contributed by atoms with Gasteiger partial charge >= 0.3 is 0 Å². The van der Waals surface area contributed by atoms with Gasteiger partial charge in [-0.3, -0.25) is 4.79 Å². The van der Waals surface area contributed by atoms with Crippen LogP contribution in [0.3, 0.4) is 0 Å².